The molecule has 106 valence electrons. The van der Waals surface area contributed by atoms with Gasteiger partial charge >= 0.3 is 5.97 Å². The summed E-state index contributed by atoms with van der Waals surface area (Å²) in [5, 5.41) is 12.0. The first-order chi connectivity index (χ1) is 9.12. The minimum Gasteiger partial charge on any atom is -0.493 e. The van der Waals surface area contributed by atoms with Crippen molar-refractivity contribution < 1.29 is 19.4 Å². The van der Waals surface area contributed by atoms with Crippen molar-refractivity contribution in [2.45, 2.75) is 32.9 Å². The fourth-order valence-corrected chi connectivity index (χ4v) is 1.74. The van der Waals surface area contributed by atoms with Gasteiger partial charge in [-0.15, -0.1) is 0 Å². The summed E-state index contributed by atoms with van der Waals surface area (Å²) < 4.78 is 10.7. The summed E-state index contributed by atoms with van der Waals surface area (Å²) in [7, 11) is 1.58. The average molecular weight is 267 g/mol. The van der Waals surface area contributed by atoms with Gasteiger partial charge in [0, 0.05) is 6.54 Å². The SMILES string of the molecule is CCOc1ccc(CNC(CC)C(=O)O)cc1OC. The van der Waals surface area contributed by atoms with Crippen molar-refractivity contribution in [1.29, 1.82) is 0 Å². The second kappa shape index (κ2) is 7.63. The fraction of sp³-hybridized carbons (Fsp3) is 0.500. The van der Waals surface area contributed by atoms with Crippen LogP contribution in [0.5, 0.6) is 11.5 Å². The van der Waals surface area contributed by atoms with Crippen molar-refractivity contribution in [1.82, 2.24) is 5.32 Å². The lowest BCUT2D eigenvalue weighted by atomic mass is 10.1. The Labute approximate surface area is 113 Å². The lowest BCUT2D eigenvalue weighted by Crippen LogP contribution is -2.35. The third-order valence-corrected chi connectivity index (χ3v) is 2.79. The van der Waals surface area contributed by atoms with E-state index in [2.05, 4.69) is 5.32 Å². The van der Waals surface area contributed by atoms with E-state index in [0.29, 0.717) is 31.1 Å². The number of benzene rings is 1. The molecule has 19 heavy (non-hydrogen) atoms. The number of aliphatic carboxylic acids is 1. The van der Waals surface area contributed by atoms with Crippen LogP contribution in [0.25, 0.3) is 0 Å². The first-order valence-corrected chi connectivity index (χ1v) is 6.38. The highest BCUT2D eigenvalue weighted by Crippen LogP contribution is 2.27. The van der Waals surface area contributed by atoms with Crippen molar-refractivity contribution in [2.24, 2.45) is 0 Å². The zero-order valence-electron chi connectivity index (χ0n) is 11.6. The maximum Gasteiger partial charge on any atom is 0.320 e. The van der Waals surface area contributed by atoms with Crippen molar-refractivity contribution in [3.63, 3.8) is 0 Å². The van der Waals surface area contributed by atoms with Crippen molar-refractivity contribution >= 4 is 5.97 Å². The Kier molecular flexibility index (Phi) is 6.15. The maximum absolute atomic E-state index is 10.9. The quantitative estimate of drug-likeness (QED) is 0.754. The molecular formula is C14H21NO4. The molecule has 0 aromatic heterocycles. The van der Waals surface area contributed by atoms with Crippen LogP contribution in [-0.4, -0.2) is 30.8 Å². The van der Waals surface area contributed by atoms with Gasteiger partial charge in [0.25, 0.3) is 0 Å². The molecule has 1 aromatic rings. The summed E-state index contributed by atoms with van der Waals surface area (Å²) >= 11 is 0. The van der Waals surface area contributed by atoms with Gasteiger partial charge < -0.3 is 19.9 Å². The standard InChI is InChI=1S/C14H21NO4/c1-4-11(14(16)17)15-9-10-6-7-12(19-5-2)13(8-10)18-3/h6-8,11,15H,4-5,9H2,1-3H3,(H,16,17). The Bertz CT molecular complexity index is 420. The van der Waals surface area contributed by atoms with Crippen LogP contribution in [-0.2, 0) is 11.3 Å². The largest absolute Gasteiger partial charge is 0.493 e. The van der Waals surface area contributed by atoms with Gasteiger partial charge in [0.15, 0.2) is 11.5 Å². The minimum absolute atomic E-state index is 0.480. The van der Waals surface area contributed by atoms with Gasteiger partial charge in [-0.2, -0.15) is 0 Å². The van der Waals surface area contributed by atoms with Crippen LogP contribution >= 0.6 is 0 Å². The number of carbonyl (C=O) groups is 1. The molecule has 5 heteroatoms. The van der Waals surface area contributed by atoms with Crippen LogP contribution in [0, 0.1) is 0 Å². The number of carboxylic acids is 1. The predicted molar refractivity (Wildman–Crippen MR) is 72.7 cm³/mol. The molecule has 0 heterocycles. The molecule has 0 bridgehead atoms. The summed E-state index contributed by atoms with van der Waals surface area (Å²) in [5.41, 5.74) is 0.958. The van der Waals surface area contributed by atoms with E-state index in [9.17, 15) is 4.79 Å². The van der Waals surface area contributed by atoms with E-state index in [1.54, 1.807) is 7.11 Å². The van der Waals surface area contributed by atoms with E-state index in [1.165, 1.54) is 0 Å². The van der Waals surface area contributed by atoms with Gasteiger partial charge in [-0.3, -0.25) is 4.79 Å². The van der Waals surface area contributed by atoms with Crippen LogP contribution in [0.1, 0.15) is 25.8 Å². The smallest absolute Gasteiger partial charge is 0.320 e. The molecule has 1 unspecified atom stereocenters. The predicted octanol–water partition coefficient (Wildman–Crippen LogP) is 2.05. The van der Waals surface area contributed by atoms with Gasteiger partial charge in [0.2, 0.25) is 0 Å². The Morgan fingerprint density at radius 3 is 2.63 bits per heavy atom. The van der Waals surface area contributed by atoms with E-state index in [4.69, 9.17) is 14.6 Å². The Morgan fingerprint density at radius 2 is 2.11 bits per heavy atom. The number of ether oxygens (including phenoxy) is 2. The molecule has 5 nitrogen and oxygen atoms in total. The van der Waals surface area contributed by atoms with Crippen LogP contribution < -0.4 is 14.8 Å². The van der Waals surface area contributed by atoms with E-state index in [1.807, 2.05) is 32.0 Å². The lowest BCUT2D eigenvalue weighted by Gasteiger charge is -2.14. The third-order valence-electron chi connectivity index (χ3n) is 2.79. The van der Waals surface area contributed by atoms with Crippen molar-refractivity contribution in [2.75, 3.05) is 13.7 Å². The van der Waals surface area contributed by atoms with Crippen molar-refractivity contribution in [3.05, 3.63) is 23.8 Å². The maximum atomic E-state index is 10.9. The van der Waals surface area contributed by atoms with Crippen LogP contribution in [0.4, 0.5) is 0 Å². The van der Waals surface area contributed by atoms with Gasteiger partial charge in [-0.1, -0.05) is 13.0 Å². The number of methoxy groups -OCH3 is 1. The molecular weight excluding hydrogens is 246 g/mol. The Hall–Kier alpha value is -1.75. The molecule has 0 aliphatic carbocycles. The Morgan fingerprint density at radius 1 is 1.37 bits per heavy atom. The first kappa shape index (κ1) is 15.3. The van der Waals surface area contributed by atoms with E-state index in [-0.39, 0.29) is 0 Å². The molecule has 0 spiro atoms. The van der Waals surface area contributed by atoms with Gasteiger partial charge in [-0.05, 0) is 31.0 Å². The number of hydrogen-bond donors (Lipinski definition) is 2. The molecule has 0 radical (unpaired) electrons. The molecule has 1 aromatic carbocycles. The van der Waals surface area contributed by atoms with E-state index >= 15 is 0 Å². The van der Waals surface area contributed by atoms with Crippen molar-refractivity contribution in [3.8, 4) is 11.5 Å². The number of rotatable bonds is 8. The van der Waals surface area contributed by atoms with Gasteiger partial charge in [0.05, 0.1) is 13.7 Å². The van der Waals surface area contributed by atoms with Crippen LogP contribution in [0.15, 0.2) is 18.2 Å². The number of carboxylic acid groups (broad SMARTS) is 1. The molecule has 1 atom stereocenters. The molecule has 0 aliphatic rings. The van der Waals surface area contributed by atoms with Gasteiger partial charge in [-0.25, -0.2) is 0 Å². The Balaban J connectivity index is 2.71. The summed E-state index contributed by atoms with van der Waals surface area (Å²) in [6.07, 6.45) is 0.545. The number of nitrogens with one attached hydrogen (secondary N) is 1. The first-order valence-electron chi connectivity index (χ1n) is 6.38. The average Bonchev–Trinajstić information content (AvgIpc) is 2.40. The summed E-state index contributed by atoms with van der Waals surface area (Å²) in [5.74, 6) is 0.518. The molecule has 1 rings (SSSR count). The molecule has 0 saturated heterocycles. The zero-order valence-corrected chi connectivity index (χ0v) is 11.6. The minimum atomic E-state index is -0.833. The fourth-order valence-electron chi connectivity index (χ4n) is 1.74. The normalized spacial score (nSPS) is 11.9. The summed E-state index contributed by atoms with van der Waals surface area (Å²) in [6, 6.07) is 5.06. The highest BCUT2D eigenvalue weighted by Gasteiger charge is 2.14. The van der Waals surface area contributed by atoms with Crippen LogP contribution in [0.2, 0.25) is 0 Å². The lowest BCUT2D eigenvalue weighted by molar-refractivity contribution is -0.139. The second-order valence-electron chi connectivity index (χ2n) is 4.10. The topological polar surface area (TPSA) is 67.8 Å². The van der Waals surface area contributed by atoms with Crippen LogP contribution in [0.3, 0.4) is 0 Å². The molecule has 0 amide bonds. The summed E-state index contributed by atoms with van der Waals surface area (Å²) in [6.45, 7) is 4.80. The molecule has 2 N–H and O–H groups in total. The zero-order chi connectivity index (χ0) is 14.3. The molecule has 0 saturated carbocycles. The van der Waals surface area contributed by atoms with E-state index in [0.717, 1.165) is 5.56 Å². The molecule has 0 aliphatic heterocycles. The van der Waals surface area contributed by atoms with E-state index < -0.39 is 12.0 Å². The third kappa shape index (κ3) is 4.44. The second-order valence-corrected chi connectivity index (χ2v) is 4.10. The monoisotopic (exact) mass is 267 g/mol. The molecule has 0 fully saturated rings. The highest BCUT2D eigenvalue weighted by atomic mass is 16.5. The summed E-state index contributed by atoms with van der Waals surface area (Å²) in [4.78, 5) is 10.9. The number of hydrogen-bond acceptors (Lipinski definition) is 4. The van der Waals surface area contributed by atoms with Gasteiger partial charge in [0.1, 0.15) is 6.04 Å². The highest BCUT2D eigenvalue weighted by molar-refractivity contribution is 5.73.